The van der Waals surface area contributed by atoms with Gasteiger partial charge in [0.15, 0.2) is 0 Å². The summed E-state index contributed by atoms with van der Waals surface area (Å²) in [6.45, 7) is 16.4. The number of rotatable bonds is 6. The Labute approximate surface area is 136 Å². The Morgan fingerprint density at radius 3 is 2.18 bits per heavy atom. The second kappa shape index (κ2) is 6.88. The molecule has 4 nitrogen and oxygen atoms in total. The molecule has 0 aromatic carbocycles. The van der Waals surface area contributed by atoms with Crippen molar-refractivity contribution in [3.05, 3.63) is 0 Å². The molecule has 1 heterocycles. The Morgan fingerprint density at radius 1 is 1.14 bits per heavy atom. The molecule has 0 spiro atoms. The molecular formula is C18H34N2O2. The number of carbonyl (C=O) groups excluding carboxylic acids is 1. The quantitative estimate of drug-likeness (QED) is 0.756. The van der Waals surface area contributed by atoms with Crippen molar-refractivity contribution in [3.8, 4) is 0 Å². The number of hydrogen-bond acceptors (Lipinski definition) is 3. The summed E-state index contributed by atoms with van der Waals surface area (Å²) in [6.07, 6.45) is 3.56. The Morgan fingerprint density at radius 2 is 1.73 bits per heavy atom. The predicted octanol–water partition coefficient (Wildman–Crippen LogP) is 2.77. The van der Waals surface area contributed by atoms with Crippen LogP contribution in [-0.4, -0.2) is 61.1 Å². The first-order valence-corrected chi connectivity index (χ1v) is 8.81. The smallest absolute Gasteiger partial charge is 0.223 e. The number of hydrogen-bond donors (Lipinski definition) is 0. The third-order valence-electron chi connectivity index (χ3n) is 4.65. The van der Waals surface area contributed by atoms with Gasteiger partial charge in [-0.1, -0.05) is 20.8 Å². The van der Waals surface area contributed by atoms with Gasteiger partial charge < -0.3 is 9.64 Å². The minimum Gasteiger partial charge on any atom is -0.378 e. The summed E-state index contributed by atoms with van der Waals surface area (Å²) in [5, 5.41) is 0. The minimum absolute atomic E-state index is 0.0838. The van der Waals surface area contributed by atoms with E-state index in [1.54, 1.807) is 0 Å². The summed E-state index contributed by atoms with van der Waals surface area (Å²) in [6, 6.07) is 0. The van der Waals surface area contributed by atoms with Crippen molar-refractivity contribution in [1.82, 2.24) is 9.80 Å². The van der Waals surface area contributed by atoms with Gasteiger partial charge >= 0.3 is 0 Å². The highest BCUT2D eigenvalue weighted by molar-refractivity contribution is 5.76. The molecule has 0 N–H and O–H groups in total. The van der Waals surface area contributed by atoms with Crippen LogP contribution in [0, 0.1) is 10.8 Å². The zero-order chi connectivity index (χ0) is 16.4. The zero-order valence-corrected chi connectivity index (χ0v) is 15.2. The van der Waals surface area contributed by atoms with E-state index >= 15 is 0 Å². The molecule has 2 aliphatic rings. The van der Waals surface area contributed by atoms with E-state index in [1.807, 2.05) is 4.90 Å². The fourth-order valence-corrected chi connectivity index (χ4v) is 3.06. The van der Waals surface area contributed by atoms with Crippen molar-refractivity contribution in [2.24, 2.45) is 10.8 Å². The van der Waals surface area contributed by atoms with Crippen molar-refractivity contribution >= 4 is 5.91 Å². The van der Waals surface area contributed by atoms with E-state index in [4.69, 9.17) is 4.74 Å². The molecule has 2 rings (SSSR count). The Hall–Kier alpha value is -0.610. The summed E-state index contributed by atoms with van der Waals surface area (Å²) in [5.41, 5.74) is 0.488. The first-order valence-electron chi connectivity index (χ1n) is 8.81. The van der Waals surface area contributed by atoms with E-state index in [9.17, 15) is 4.79 Å². The van der Waals surface area contributed by atoms with Crippen molar-refractivity contribution < 1.29 is 9.53 Å². The van der Waals surface area contributed by atoms with Gasteiger partial charge in [-0.2, -0.15) is 0 Å². The average Bonchev–Trinajstić information content (AvgIpc) is 3.15. The van der Waals surface area contributed by atoms with Gasteiger partial charge in [-0.15, -0.1) is 0 Å². The third kappa shape index (κ3) is 5.54. The summed E-state index contributed by atoms with van der Waals surface area (Å²) in [7, 11) is 0. The highest BCUT2D eigenvalue weighted by atomic mass is 16.5. The molecule has 128 valence electrons. The van der Waals surface area contributed by atoms with Crippen LogP contribution in [0.1, 0.15) is 53.9 Å². The topological polar surface area (TPSA) is 32.8 Å². The first-order chi connectivity index (χ1) is 10.2. The van der Waals surface area contributed by atoms with Crippen LogP contribution in [0.15, 0.2) is 0 Å². The van der Waals surface area contributed by atoms with Gasteiger partial charge in [0.05, 0.1) is 12.7 Å². The molecule has 22 heavy (non-hydrogen) atoms. The Bertz CT molecular complexity index is 375. The molecule has 0 bridgehead atoms. The van der Waals surface area contributed by atoms with Crippen LogP contribution in [0.2, 0.25) is 0 Å². The van der Waals surface area contributed by atoms with Gasteiger partial charge in [-0.3, -0.25) is 9.69 Å². The van der Waals surface area contributed by atoms with E-state index in [1.165, 1.54) is 12.8 Å². The first kappa shape index (κ1) is 17.7. The summed E-state index contributed by atoms with van der Waals surface area (Å²) < 4.78 is 5.83. The number of piperazine rings is 1. The maximum absolute atomic E-state index is 12.3. The highest BCUT2D eigenvalue weighted by Gasteiger charge is 2.44. The molecule has 4 heteroatoms. The van der Waals surface area contributed by atoms with Crippen LogP contribution in [0.5, 0.6) is 0 Å². The molecular weight excluding hydrogens is 276 g/mol. The van der Waals surface area contributed by atoms with E-state index in [0.29, 0.717) is 23.8 Å². The fourth-order valence-electron chi connectivity index (χ4n) is 3.06. The van der Waals surface area contributed by atoms with E-state index in [-0.39, 0.29) is 5.41 Å². The van der Waals surface area contributed by atoms with Gasteiger partial charge in [0.2, 0.25) is 5.91 Å². The van der Waals surface area contributed by atoms with E-state index in [2.05, 4.69) is 39.5 Å². The largest absolute Gasteiger partial charge is 0.378 e. The SMILES string of the molecule is CC(C)OCC1(CN2CCN(C(=O)CC(C)(C)C)CC2)CC1. The second-order valence-corrected chi connectivity index (χ2v) is 8.75. The molecule has 1 aliphatic carbocycles. The molecule has 1 amide bonds. The van der Waals surface area contributed by atoms with Gasteiger partial charge in [0.25, 0.3) is 0 Å². The predicted molar refractivity (Wildman–Crippen MR) is 89.8 cm³/mol. The van der Waals surface area contributed by atoms with Crippen LogP contribution in [0.25, 0.3) is 0 Å². The van der Waals surface area contributed by atoms with Crippen molar-refractivity contribution in [2.45, 2.75) is 60.0 Å². The Kier molecular flexibility index (Phi) is 5.54. The standard InChI is InChI=1S/C18H34N2O2/c1-15(2)22-14-18(6-7-18)13-19-8-10-20(11-9-19)16(21)12-17(3,4)5/h15H,6-14H2,1-5H3. The third-order valence-corrected chi connectivity index (χ3v) is 4.65. The zero-order valence-electron chi connectivity index (χ0n) is 15.2. The lowest BCUT2D eigenvalue weighted by molar-refractivity contribution is -0.135. The minimum atomic E-state index is 0.0838. The lowest BCUT2D eigenvalue weighted by Crippen LogP contribution is -2.50. The molecule has 0 aromatic rings. The van der Waals surface area contributed by atoms with E-state index < -0.39 is 0 Å². The second-order valence-electron chi connectivity index (χ2n) is 8.75. The molecule has 2 fully saturated rings. The van der Waals surface area contributed by atoms with Gasteiger partial charge in [-0.25, -0.2) is 0 Å². The average molecular weight is 310 g/mol. The van der Waals surface area contributed by atoms with Crippen LogP contribution in [-0.2, 0) is 9.53 Å². The lowest BCUT2D eigenvalue weighted by atomic mass is 9.91. The highest BCUT2D eigenvalue weighted by Crippen LogP contribution is 2.46. The summed E-state index contributed by atoms with van der Waals surface area (Å²) in [4.78, 5) is 16.9. The summed E-state index contributed by atoms with van der Waals surface area (Å²) in [5.74, 6) is 0.316. The molecule has 0 aromatic heterocycles. The number of amides is 1. The number of carbonyl (C=O) groups is 1. The van der Waals surface area contributed by atoms with Crippen molar-refractivity contribution in [3.63, 3.8) is 0 Å². The molecule has 1 aliphatic heterocycles. The summed E-state index contributed by atoms with van der Waals surface area (Å²) >= 11 is 0. The Balaban J connectivity index is 1.72. The van der Waals surface area contributed by atoms with Gasteiger partial charge in [0.1, 0.15) is 0 Å². The maximum atomic E-state index is 12.3. The maximum Gasteiger partial charge on any atom is 0.223 e. The normalized spacial score (nSPS) is 22.2. The molecule has 0 atom stereocenters. The molecule has 0 unspecified atom stereocenters. The number of ether oxygens (including phenoxy) is 1. The van der Waals surface area contributed by atoms with Crippen LogP contribution < -0.4 is 0 Å². The van der Waals surface area contributed by atoms with Crippen LogP contribution >= 0.6 is 0 Å². The fraction of sp³-hybridized carbons (Fsp3) is 0.944. The molecule has 1 saturated heterocycles. The van der Waals surface area contributed by atoms with Gasteiger partial charge in [0, 0.05) is 44.6 Å². The van der Waals surface area contributed by atoms with Crippen LogP contribution in [0.4, 0.5) is 0 Å². The number of nitrogens with zero attached hydrogens (tertiary/aromatic N) is 2. The van der Waals surface area contributed by atoms with Crippen molar-refractivity contribution in [1.29, 1.82) is 0 Å². The van der Waals surface area contributed by atoms with E-state index in [0.717, 1.165) is 39.3 Å². The van der Waals surface area contributed by atoms with Gasteiger partial charge in [-0.05, 0) is 32.1 Å². The monoisotopic (exact) mass is 310 g/mol. The van der Waals surface area contributed by atoms with Crippen molar-refractivity contribution in [2.75, 3.05) is 39.3 Å². The lowest BCUT2D eigenvalue weighted by Gasteiger charge is -2.37. The van der Waals surface area contributed by atoms with Crippen LogP contribution in [0.3, 0.4) is 0 Å². The molecule has 0 radical (unpaired) electrons. The molecule has 1 saturated carbocycles.